The van der Waals surface area contributed by atoms with Crippen molar-refractivity contribution in [1.82, 2.24) is 10.3 Å². The van der Waals surface area contributed by atoms with Crippen LogP contribution >= 0.6 is 0 Å². The van der Waals surface area contributed by atoms with Crippen LogP contribution in [-0.4, -0.2) is 52.7 Å². The fraction of sp³-hybridized carbons (Fsp3) is 0.594. The van der Waals surface area contributed by atoms with E-state index in [0.29, 0.717) is 37.6 Å². The van der Waals surface area contributed by atoms with Gasteiger partial charge in [0.2, 0.25) is 0 Å². The van der Waals surface area contributed by atoms with Gasteiger partial charge in [-0.3, -0.25) is 4.98 Å². The zero-order valence-corrected chi connectivity index (χ0v) is 21.8. The molecule has 2 N–H and O–H groups in total. The summed E-state index contributed by atoms with van der Waals surface area (Å²) in [5, 5.41) is 16.7. The van der Waals surface area contributed by atoms with Crippen molar-refractivity contribution in [1.29, 1.82) is 0 Å². The Bertz CT molecular complexity index is 1330. The van der Waals surface area contributed by atoms with Crippen LogP contribution in [0, 0.1) is 11.3 Å². The Morgan fingerprint density at radius 3 is 2.89 bits per heavy atom. The van der Waals surface area contributed by atoms with Gasteiger partial charge < -0.3 is 19.9 Å². The number of hydrogen-bond donors (Lipinski definition) is 2. The number of pyridine rings is 1. The maximum Gasteiger partial charge on any atom is 0.123 e. The van der Waals surface area contributed by atoms with Gasteiger partial charge in [0.25, 0.3) is 0 Å². The standard InChI is InChI=1S/C32H38N2O3/c1-29-10-8-25-15-24-4-5-26(34-18-30(35)19-36-20-30)16-31(24)11-12-32(25,37-31)28(29)7-6-27(29)22-3-2-21-9-13-33-17-23(21)14-22/h2-3,8-9,13-15,17,26-28,34-35H,4-7,10-12,16,18-20H2,1H3/t26?,27-,28-,29-,31-,32-/m1/s1. The first-order valence-electron chi connectivity index (χ1n) is 14.4. The molecule has 3 aliphatic heterocycles. The van der Waals surface area contributed by atoms with Gasteiger partial charge >= 0.3 is 0 Å². The van der Waals surface area contributed by atoms with Gasteiger partial charge in [-0.1, -0.05) is 31.2 Å². The Kier molecular flexibility index (Phi) is 4.80. The Labute approximate surface area is 219 Å². The van der Waals surface area contributed by atoms with E-state index >= 15 is 0 Å². The van der Waals surface area contributed by atoms with Crippen LogP contribution in [0.4, 0.5) is 0 Å². The summed E-state index contributed by atoms with van der Waals surface area (Å²) in [4.78, 5) is 4.38. The molecule has 6 aliphatic rings. The average Bonchev–Trinajstić information content (AvgIpc) is 3.41. The SMILES string of the molecule is C[C@]12CC=C3C=C4CCC(NCC5(O)COC5)C[C@]45CC[C@]3(O5)[C@@H]1CC[C@@H]2c1ccc2ccncc2c1. The predicted molar refractivity (Wildman–Crippen MR) is 143 cm³/mol. The molecule has 4 fully saturated rings. The number of ether oxygens (including phenoxy) is 2. The zero-order valence-electron chi connectivity index (χ0n) is 21.8. The van der Waals surface area contributed by atoms with Crippen LogP contribution in [0.3, 0.4) is 0 Å². The summed E-state index contributed by atoms with van der Waals surface area (Å²) in [6, 6.07) is 9.54. The molecule has 8 rings (SSSR count). The largest absolute Gasteiger partial charge is 0.384 e. The highest BCUT2D eigenvalue weighted by atomic mass is 16.5. The summed E-state index contributed by atoms with van der Waals surface area (Å²) in [5.74, 6) is 1.10. The van der Waals surface area contributed by atoms with E-state index < -0.39 is 5.60 Å². The fourth-order valence-electron chi connectivity index (χ4n) is 9.22. The lowest BCUT2D eigenvalue weighted by atomic mass is 9.58. The van der Waals surface area contributed by atoms with Gasteiger partial charge in [-0.2, -0.15) is 0 Å². The third kappa shape index (κ3) is 3.21. The molecule has 2 bridgehead atoms. The quantitative estimate of drug-likeness (QED) is 0.607. The molecular formula is C32H38N2O3. The van der Waals surface area contributed by atoms with E-state index in [1.54, 1.807) is 0 Å². The van der Waals surface area contributed by atoms with Crippen molar-refractivity contribution in [3.8, 4) is 0 Å². The van der Waals surface area contributed by atoms with Gasteiger partial charge in [-0.25, -0.2) is 0 Å². The summed E-state index contributed by atoms with van der Waals surface area (Å²) in [7, 11) is 0. The Hall–Kier alpha value is -2.05. The summed E-state index contributed by atoms with van der Waals surface area (Å²) in [6.45, 7) is 4.07. The first-order valence-corrected chi connectivity index (χ1v) is 14.4. The normalized spacial score (nSPS) is 41.3. The number of nitrogens with one attached hydrogen (secondary N) is 1. The molecule has 0 radical (unpaired) electrons. The van der Waals surface area contributed by atoms with E-state index in [0.717, 1.165) is 38.5 Å². The lowest BCUT2D eigenvalue weighted by Crippen LogP contribution is -2.59. The number of benzene rings is 1. The van der Waals surface area contributed by atoms with Crippen molar-refractivity contribution in [2.24, 2.45) is 11.3 Å². The van der Waals surface area contributed by atoms with Crippen molar-refractivity contribution in [2.45, 2.75) is 87.1 Å². The fourth-order valence-corrected chi connectivity index (χ4v) is 9.22. The minimum Gasteiger partial charge on any atom is -0.384 e. The molecular weight excluding hydrogens is 460 g/mol. The van der Waals surface area contributed by atoms with Crippen LogP contribution in [-0.2, 0) is 9.47 Å². The van der Waals surface area contributed by atoms with E-state index in [1.165, 1.54) is 40.3 Å². The topological polar surface area (TPSA) is 63.6 Å². The number of aromatic nitrogens is 1. The predicted octanol–water partition coefficient (Wildman–Crippen LogP) is 5.20. The zero-order chi connectivity index (χ0) is 24.9. The van der Waals surface area contributed by atoms with Crippen LogP contribution in [0.5, 0.6) is 0 Å². The second-order valence-electron chi connectivity index (χ2n) is 13.2. The number of aliphatic hydroxyl groups is 1. The molecule has 1 unspecified atom stereocenters. The van der Waals surface area contributed by atoms with Gasteiger partial charge in [0.05, 0.1) is 24.4 Å². The van der Waals surface area contributed by atoms with Crippen LogP contribution < -0.4 is 5.32 Å². The molecule has 3 aliphatic carbocycles. The van der Waals surface area contributed by atoms with Crippen molar-refractivity contribution >= 4 is 10.8 Å². The maximum absolute atomic E-state index is 10.5. The van der Waals surface area contributed by atoms with E-state index in [4.69, 9.17) is 9.47 Å². The van der Waals surface area contributed by atoms with Gasteiger partial charge in [-0.15, -0.1) is 0 Å². The molecule has 6 atom stereocenters. The molecule has 2 aromatic rings. The average molecular weight is 499 g/mol. The van der Waals surface area contributed by atoms with Gasteiger partial charge in [0.1, 0.15) is 5.60 Å². The number of fused-ring (bicyclic) bond motifs is 2. The molecule has 194 valence electrons. The van der Waals surface area contributed by atoms with Gasteiger partial charge in [0.15, 0.2) is 0 Å². The molecule has 0 amide bonds. The Morgan fingerprint density at radius 2 is 2.03 bits per heavy atom. The molecule has 2 spiro atoms. The smallest absolute Gasteiger partial charge is 0.123 e. The van der Waals surface area contributed by atoms with E-state index in [1.807, 2.05) is 12.4 Å². The first kappa shape index (κ1) is 22.9. The number of rotatable bonds is 4. The monoisotopic (exact) mass is 498 g/mol. The Morgan fingerprint density at radius 1 is 1.11 bits per heavy atom. The molecule has 1 aromatic heterocycles. The summed E-state index contributed by atoms with van der Waals surface area (Å²) in [6.07, 6.45) is 18.1. The van der Waals surface area contributed by atoms with Crippen molar-refractivity contribution in [3.63, 3.8) is 0 Å². The molecule has 1 aromatic carbocycles. The lowest BCUT2D eigenvalue weighted by Gasteiger charge is -2.54. The highest BCUT2D eigenvalue weighted by Crippen LogP contribution is 2.69. The molecule has 2 saturated carbocycles. The third-order valence-electron chi connectivity index (χ3n) is 11.2. The van der Waals surface area contributed by atoms with Crippen LogP contribution in [0.15, 0.2) is 60.0 Å². The summed E-state index contributed by atoms with van der Waals surface area (Å²) in [5.41, 5.74) is 3.73. The number of nitrogens with zero attached hydrogens (tertiary/aromatic N) is 1. The lowest BCUT2D eigenvalue weighted by molar-refractivity contribution is -0.177. The van der Waals surface area contributed by atoms with Crippen molar-refractivity contribution < 1.29 is 14.6 Å². The minimum absolute atomic E-state index is 0.128. The molecule has 2 saturated heterocycles. The van der Waals surface area contributed by atoms with Gasteiger partial charge in [-0.05, 0) is 103 Å². The molecule has 5 heteroatoms. The van der Waals surface area contributed by atoms with Crippen LogP contribution in [0.2, 0.25) is 0 Å². The molecule has 37 heavy (non-hydrogen) atoms. The second-order valence-corrected chi connectivity index (χ2v) is 13.2. The number of hydrogen-bond acceptors (Lipinski definition) is 5. The highest BCUT2D eigenvalue weighted by molar-refractivity contribution is 5.82. The van der Waals surface area contributed by atoms with E-state index in [-0.39, 0.29) is 16.6 Å². The van der Waals surface area contributed by atoms with Crippen molar-refractivity contribution in [2.75, 3.05) is 19.8 Å². The highest BCUT2D eigenvalue weighted by Gasteiger charge is 2.66. The van der Waals surface area contributed by atoms with Gasteiger partial charge in [0, 0.05) is 30.4 Å². The Balaban J connectivity index is 1.09. The maximum atomic E-state index is 10.5. The number of allylic oxidation sites excluding steroid dienone is 1. The van der Waals surface area contributed by atoms with Crippen molar-refractivity contribution in [3.05, 3.63) is 65.5 Å². The van der Waals surface area contributed by atoms with Crippen LogP contribution in [0.1, 0.15) is 69.8 Å². The van der Waals surface area contributed by atoms with Crippen LogP contribution in [0.25, 0.3) is 10.8 Å². The second kappa shape index (κ2) is 7.75. The molecule has 5 nitrogen and oxygen atoms in total. The van der Waals surface area contributed by atoms with E-state index in [9.17, 15) is 5.11 Å². The summed E-state index contributed by atoms with van der Waals surface area (Å²) < 4.78 is 12.7. The first-order chi connectivity index (χ1) is 17.9. The van der Waals surface area contributed by atoms with E-state index in [2.05, 4.69) is 53.6 Å². The summed E-state index contributed by atoms with van der Waals surface area (Å²) >= 11 is 0. The third-order valence-corrected chi connectivity index (χ3v) is 11.2. The molecule has 4 heterocycles. The minimum atomic E-state index is -0.684.